The van der Waals surface area contributed by atoms with E-state index in [1.54, 1.807) is 12.7 Å². The zero-order valence-corrected chi connectivity index (χ0v) is 26.3. The zero-order chi connectivity index (χ0) is 29.1. The third kappa shape index (κ3) is 9.50. The lowest BCUT2D eigenvalue weighted by Crippen LogP contribution is -2.49. The van der Waals surface area contributed by atoms with Crippen molar-refractivity contribution in [2.45, 2.75) is 105 Å². The second-order valence-electron chi connectivity index (χ2n) is 12.2. The van der Waals surface area contributed by atoms with E-state index in [0.29, 0.717) is 23.7 Å². The van der Waals surface area contributed by atoms with Crippen LogP contribution < -0.4 is 0 Å². The van der Waals surface area contributed by atoms with Gasteiger partial charge < -0.3 is 9.39 Å². The van der Waals surface area contributed by atoms with Crippen molar-refractivity contribution in [3.05, 3.63) is 95.5 Å². The molecule has 0 saturated carbocycles. The molecule has 0 heterocycles. The number of hydrogen-bond donors (Lipinski definition) is 0. The molecule has 0 spiro atoms. The van der Waals surface area contributed by atoms with Crippen molar-refractivity contribution in [2.75, 3.05) is 7.11 Å². The van der Waals surface area contributed by atoms with E-state index in [0.717, 1.165) is 24.7 Å². The van der Waals surface area contributed by atoms with Crippen LogP contribution in [0, 0.1) is 17.8 Å². The minimum atomic E-state index is -0.442. The molecule has 1 aromatic rings. The van der Waals surface area contributed by atoms with E-state index in [4.69, 9.17) is 9.39 Å². The molecule has 0 amide bonds. The van der Waals surface area contributed by atoms with Gasteiger partial charge in [-0.2, -0.15) is 0 Å². The van der Waals surface area contributed by atoms with Crippen molar-refractivity contribution in [2.24, 2.45) is 17.8 Å². The normalized spacial score (nSPS) is 19.3. The molecule has 213 valence electrons. The Bertz CT molecular complexity index is 1010. The maximum Gasteiger partial charge on any atom is 0.330 e. The molecule has 4 atom stereocenters. The fraction of sp³-hybridized carbons (Fsp3) is 0.556. The lowest BCUT2D eigenvalue weighted by atomic mass is 9.74. The Morgan fingerprint density at radius 2 is 1.82 bits per heavy atom. The van der Waals surface area contributed by atoms with Gasteiger partial charge in [-0.15, -0.1) is 0 Å². The summed E-state index contributed by atoms with van der Waals surface area (Å²) in [4.78, 5) is 0. The van der Waals surface area contributed by atoms with Crippen LogP contribution in [0.15, 0.2) is 90.0 Å². The van der Waals surface area contributed by atoms with Gasteiger partial charge in [-0.05, 0) is 89.2 Å². The fourth-order valence-electron chi connectivity index (χ4n) is 5.39. The standard InChI is InChI=1S/C36H54BO2/c1-11-18-27(4)33(34(30(12-2)13-3)25-28(5)31-20-15-14-16-21-31)24-23-29-19-17-22-32(26-29)37-39-36(8,9)35(6,7)38-10/h12-17,20-22,24,26-29,34H,2,11,18-19,23,25H2,1,3-10H3/b30-13+,33-24-/t27-,28-,29?,34+/m0/s1. The van der Waals surface area contributed by atoms with Gasteiger partial charge in [0.05, 0.1) is 11.2 Å². The van der Waals surface area contributed by atoms with Gasteiger partial charge in [0, 0.05) is 13.0 Å². The summed E-state index contributed by atoms with van der Waals surface area (Å²) in [6.45, 7) is 21.7. The molecule has 0 N–H and O–H groups in total. The van der Waals surface area contributed by atoms with Gasteiger partial charge in [0.1, 0.15) is 0 Å². The van der Waals surface area contributed by atoms with E-state index in [-0.39, 0.29) is 0 Å². The van der Waals surface area contributed by atoms with E-state index >= 15 is 0 Å². The first-order valence-corrected chi connectivity index (χ1v) is 15.0. The molecule has 0 aliphatic heterocycles. The first-order chi connectivity index (χ1) is 18.5. The van der Waals surface area contributed by atoms with Crippen molar-refractivity contribution in [3.63, 3.8) is 0 Å². The summed E-state index contributed by atoms with van der Waals surface area (Å²) >= 11 is 0. The molecule has 0 fully saturated rings. The summed E-state index contributed by atoms with van der Waals surface area (Å²) < 4.78 is 11.9. The van der Waals surface area contributed by atoms with E-state index in [1.165, 1.54) is 24.0 Å². The summed E-state index contributed by atoms with van der Waals surface area (Å²) in [5.74, 6) is 1.84. The molecule has 0 saturated heterocycles. The molecule has 0 aromatic heterocycles. The summed E-state index contributed by atoms with van der Waals surface area (Å²) in [6, 6.07) is 10.9. The Morgan fingerprint density at radius 1 is 1.13 bits per heavy atom. The van der Waals surface area contributed by atoms with Crippen molar-refractivity contribution >= 4 is 7.48 Å². The van der Waals surface area contributed by atoms with E-state index in [1.807, 2.05) is 7.48 Å². The smallest absolute Gasteiger partial charge is 0.330 e. The first kappa shape index (κ1) is 33.1. The van der Waals surface area contributed by atoms with Crippen molar-refractivity contribution < 1.29 is 9.39 Å². The van der Waals surface area contributed by atoms with Gasteiger partial charge in [0.25, 0.3) is 0 Å². The third-order valence-electron chi connectivity index (χ3n) is 8.91. The highest BCUT2D eigenvalue weighted by molar-refractivity contribution is 6.39. The summed E-state index contributed by atoms with van der Waals surface area (Å²) in [6.07, 6.45) is 19.3. The monoisotopic (exact) mass is 529 g/mol. The first-order valence-electron chi connectivity index (χ1n) is 15.0. The van der Waals surface area contributed by atoms with Gasteiger partial charge in [-0.1, -0.05) is 112 Å². The zero-order valence-electron chi connectivity index (χ0n) is 26.3. The Hall–Kier alpha value is -2.10. The lowest BCUT2D eigenvalue weighted by Gasteiger charge is -2.40. The predicted octanol–water partition coefficient (Wildman–Crippen LogP) is 9.98. The molecular weight excluding hydrogens is 475 g/mol. The minimum Gasteiger partial charge on any atom is -0.427 e. The quantitative estimate of drug-likeness (QED) is 0.120. The molecule has 1 unspecified atom stereocenters. The molecule has 1 aliphatic rings. The predicted molar refractivity (Wildman–Crippen MR) is 171 cm³/mol. The maximum absolute atomic E-state index is 6.25. The van der Waals surface area contributed by atoms with Crippen LogP contribution in [0.25, 0.3) is 0 Å². The topological polar surface area (TPSA) is 18.5 Å². The van der Waals surface area contributed by atoms with Gasteiger partial charge in [-0.25, -0.2) is 0 Å². The summed E-state index contributed by atoms with van der Waals surface area (Å²) in [5, 5.41) is 0. The molecule has 1 aliphatic carbocycles. The number of ether oxygens (including phenoxy) is 1. The molecule has 2 rings (SSSR count). The van der Waals surface area contributed by atoms with Gasteiger partial charge >= 0.3 is 7.48 Å². The third-order valence-corrected chi connectivity index (χ3v) is 8.91. The van der Waals surface area contributed by atoms with Crippen molar-refractivity contribution in [1.29, 1.82) is 0 Å². The van der Waals surface area contributed by atoms with Crippen LogP contribution in [0.2, 0.25) is 0 Å². The highest BCUT2D eigenvalue weighted by Gasteiger charge is 2.38. The summed E-state index contributed by atoms with van der Waals surface area (Å²) in [7, 11) is 3.65. The fourth-order valence-corrected chi connectivity index (χ4v) is 5.39. The molecule has 39 heavy (non-hydrogen) atoms. The van der Waals surface area contributed by atoms with Crippen molar-refractivity contribution in [3.8, 4) is 0 Å². The molecule has 3 heteroatoms. The number of benzene rings is 1. The number of rotatable bonds is 16. The van der Waals surface area contributed by atoms with Crippen LogP contribution in [-0.4, -0.2) is 25.8 Å². The van der Waals surface area contributed by atoms with Gasteiger partial charge in [0.2, 0.25) is 0 Å². The molecule has 1 aromatic carbocycles. The van der Waals surface area contributed by atoms with Crippen LogP contribution in [0.1, 0.15) is 99.0 Å². The van der Waals surface area contributed by atoms with E-state index < -0.39 is 11.2 Å². The molecular formula is C36H54BO2. The van der Waals surface area contributed by atoms with Crippen LogP contribution >= 0.6 is 0 Å². The second kappa shape index (κ2) is 15.6. The van der Waals surface area contributed by atoms with E-state index in [2.05, 4.69) is 129 Å². The number of hydrogen-bond acceptors (Lipinski definition) is 2. The average molecular weight is 530 g/mol. The second-order valence-corrected chi connectivity index (χ2v) is 12.2. The van der Waals surface area contributed by atoms with Crippen LogP contribution in [-0.2, 0) is 9.39 Å². The molecule has 1 radical (unpaired) electrons. The number of methoxy groups -OCH3 is 1. The highest BCUT2D eigenvalue weighted by atomic mass is 16.5. The Labute approximate surface area is 241 Å². The van der Waals surface area contributed by atoms with Crippen molar-refractivity contribution in [1.82, 2.24) is 0 Å². The van der Waals surface area contributed by atoms with Crippen LogP contribution in [0.3, 0.4) is 0 Å². The van der Waals surface area contributed by atoms with Crippen LogP contribution in [0.5, 0.6) is 0 Å². The number of allylic oxidation sites excluding steroid dienone is 9. The van der Waals surface area contributed by atoms with Gasteiger partial charge in [0.15, 0.2) is 0 Å². The average Bonchev–Trinajstić information content (AvgIpc) is 2.93. The Balaban J connectivity index is 2.29. The van der Waals surface area contributed by atoms with E-state index in [9.17, 15) is 0 Å². The van der Waals surface area contributed by atoms with Crippen LogP contribution in [0.4, 0.5) is 0 Å². The Morgan fingerprint density at radius 3 is 2.41 bits per heavy atom. The maximum atomic E-state index is 6.25. The van der Waals surface area contributed by atoms with Gasteiger partial charge in [-0.3, -0.25) is 0 Å². The minimum absolute atomic E-state index is 0.374. The molecule has 0 bridgehead atoms. The summed E-state index contributed by atoms with van der Waals surface area (Å²) in [5.41, 5.74) is 4.62. The lowest BCUT2D eigenvalue weighted by molar-refractivity contribution is -0.114. The molecule has 2 nitrogen and oxygen atoms in total. The highest BCUT2D eigenvalue weighted by Crippen LogP contribution is 2.38. The SMILES string of the molecule is C=C/C(=C\C)[C@@H](C[C@H](C)c1ccccc1)/C(=C\CC1C=C([B]OC(C)(C)C(C)(C)OC)C=CC1)[C@@H](C)CCC. The largest absolute Gasteiger partial charge is 0.427 e. The Kier molecular flexibility index (Phi) is 13.3.